The summed E-state index contributed by atoms with van der Waals surface area (Å²) in [6.45, 7) is 11.5. The van der Waals surface area contributed by atoms with Gasteiger partial charge in [-0.3, -0.25) is 4.79 Å². The van der Waals surface area contributed by atoms with E-state index in [2.05, 4.69) is 26.8 Å². The monoisotopic (exact) mass is 414 g/mol. The van der Waals surface area contributed by atoms with Crippen LogP contribution in [0.5, 0.6) is 17.2 Å². The fourth-order valence-electron chi connectivity index (χ4n) is 2.78. The van der Waals surface area contributed by atoms with E-state index in [1.165, 1.54) is 18.1 Å². The first-order valence-corrected chi connectivity index (χ1v) is 10.0. The van der Waals surface area contributed by atoms with Crippen LogP contribution in [-0.4, -0.2) is 18.7 Å². The Morgan fingerprint density at radius 3 is 2.47 bits per heavy atom. The molecule has 0 saturated heterocycles. The Kier molecular flexibility index (Phi) is 8.27. The molecule has 0 aliphatic rings. The molecule has 0 saturated carbocycles. The zero-order valence-corrected chi connectivity index (χ0v) is 18.5. The maximum Gasteiger partial charge on any atom is 0.383 e. The smallest absolute Gasteiger partial charge is 0.383 e. The molecule has 0 N–H and O–H groups in total. The van der Waals surface area contributed by atoms with Gasteiger partial charge in [-0.05, 0) is 65.7 Å². The molecule has 0 aliphatic heterocycles. The first-order chi connectivity index (χ1) is 14.2. The van der Waals surface area contributed by atoms with Crippen molar-refractivity contribution in [2.75, 3.05) is 6.61 Å². The average molecular weight is 414 g/mol. The lowest BCUT2D eigenvalue weighted by Crippen LogP contribution is -2.15. The van der Waals surface area contributed by atoms with E-state index >= 15 is 0 Å². The second-order valence-corrected chi connectivity index (χ2v) is 7.65. The topological polar surface area (TPSA) is 75.0 Å². The van der Waals surface area contributed by atoms with E-state index < -0.39 is 11.6 Å². The van der Waals surface area contributed by atoms with Crippen LogP contribution >= 0.6 is 0 Å². The number of ether oxygens (including phenoxy) is 3. The van der Waals surface area contributed by atoms with Crippen LogP contribution < -0.4 is 19.8 Å². The van der Waals surface area contributed by atoms with Crippen molar-refractivity contribution in [1.29, 1.82) is 0 Å². The minimum Gasteiger partial charge on any atom is -0.489 e. The molecule has 2 aromatic rings. The molecule has 1 heterocycles. The maximum atomic E-state index is 12.4. The Bertz CT molecular complexity index is 1010. The molecule has 0 atom stereocenters. The first-order valence-electron chi connectivity index (χ1n) is 10.0. The van der Waals surface area contributed by atoms with Crippen molar-refractivity contribution in [3.8, 4) is 17.2 Å². The second kappa shape index (κ2) is 10.7. The number of rotatable bonds is 9. The minimum absolute atomic E-state index is 0.188. The quantitative estimate of drug-likeness (QED) is 0.303. The Balaban J connectivity index is 2.24. The fourth-order valence-corrected chi connectivity index (χ4v) is 2.78. The molecule has 0 radical (unpaired) electrons. The third-order valence-corrected chi connectivity index (χ3v) is 4.16. The van der Waals surface area contributed by atoms with E-state index in [1.54, 1.807) is 18.2 Å². The lowest BCUT2D eigenvalue weighted by molar-refractivity contribution is -0.132. The lowest BCUT2D eigenvalue weighted by atomic mass is 10.1. The van der Waals surface area contributed by atoms with Gasteiger partial charge >= 0.3 is 11.6 Å². The zero-order chi connectivity index (χ0) is 22.3. The second-order valence-electron chi connectivity index (χ2n) is 7.65. The molecule has 0 spiro atoms. The van der Waals surface area contributed by atoms with E-state index in [9.17, 15) is 9.59 Å². The largest absolute Gasteiger partial charge is 0.489 e. The van der Waals surface area contributed by atoms with Crippen molar-refractivity contribution < 1.29 is 23.4 Å². The number of hydrogen-bond donors (Lipinski definition) is 0. The van der Waals surface area contributed by atoms with Crippen molar-refractivity contribution in [2.24, 2.45) is 0 Å². The maximum absolute atomic E-state index is 12.4. The molecular formula is C24H30O6. The van der Waals surface area contributed by atoms with Crippen LogP contribution in [0, 0.1) is 0 Å². The molecule has 0 aliphatic carbocycles. The van der Waals surface area contributed by atoms with Gasteiger partial charge in [-0.1, -0.05) is 17.2 Å². The molecule has 0 unspecified atom stereocenters. The van der Waals surface area contributed by atoms with Crippen LogP contribution in [0.1, 0.15) is 54.4 Å². The summed E-state index contributed by atoms with van der Waals surface area (Å²) in [5.74, 6) is -0.114. The zero-order valence-electron chi connectivity index (χ0n) is 18.5. The Morgan fingerprint density at radius 1 is 1.10 bits per heavy atom. The van der Waals surface area contributed by atoms with Crippen molar-refractivity contribution in [3.05, 3.63) is 51.9 Å². The third kappa shape index (κ3) is 6.79. The summed E-state index contributed by atoms with van der Waals surface area (Å²) < 4.78 is 21.9. The van der Waals surface area contributed by atoms with Gasteiger partial charge < -0.3 is 18.6 Å². The Hall–Kier alpha value is -3.02. The van der Waals surface area contributed by atoms with E-state index in [4.69, 9.17) is 18.6 Å². The minimum atomic E-state index is -0.777. The van der Waals surface area contributed by atoms with Gasteiger partial charge in [0.25, 0.3) is 5.75 Å². The number of fused-ring (bicyclic) bond motifs is 1. The van der Waals surface area contributed by atoms with Crippen molar-refractivity contribution in [1.82, 2.24) is 0 Å². The van der Waals surface area contributed by atoms with Gasteiger partial charge in [-0.2, -0.15) is 0 Å². The first kappa shape index (κ1) is 23.3. The molecule has 1 aromatic heterocycles. The molecule has 0 amide bonds. The highest BCUT2D eigenvalue weighted by Crippen LogP contribution is 2.35. The molecule has 1 aromatic carbocycles. The summed E-state index contributed by atoms with van der Waals surface area (Å²) in [7, 11) is 0. The molecule has 30 heavy (non-hydrogen) atoms. The van der Waals surface area contributed by atoms with Crippen LogP contribution in [0.25, 0.3) is 11.0 Å². The van der Waals surface area contributed by atoms with Crippen molar-refractivity contribution >= 4 is 16.9 Å². The standard InChI is InChI=1S/C24H30O6/c1-15(2)8-7-9-17(5)12-13-27-19-10-11-20-21(14-19)30-24(26)23(29-18(6)25)22(20)28-16(3)4/h8,10-12,14,16H,7,9,13H2,1-6H3/b17-12+. The third-order valence-electron chi connectivity index (χ3n) is 4.16. The number of benzene rings is 1. The van der Waals surface area contributed by atoms with Crippen LogP contribution in [-0.2, 0) is 4.79 Å². The Labute approximate surface area is 177 Å². The normalized spacial score (nSPS) is 11.5. The van der Waals surface area contributed by atoms with Gasteiger partial charge in [0.1, 0.15) is 17.9 Å². The molecule has 6 nitrogen and oxygen atoms in total. The number of carbonyl (C=O) groups excluding carboxylic acids is 1. The highest BCUT2D eigenvalue weighted by Gasteiger charge is 2.20. The number of esters is 1. The van der Waals surface area contributed by atoms with Gasteiger partial charge in [-0.25, -0.2) is 4.79 Å². The van der Waals surface area contributed by atoms with Crippen molar-refractivity contribution in [2.45, 2.75) is 60.5 Å². The predicted molar refractivity (Wildman–Crippen MR) is 117 cm³/mol. The molecule has 6 heteroatoms. The Morgan fingerprint density at radius 2 is 1.83 bits per heavy atom. The predicted octanol–water partition coefficient (Wildman–Crippen LogP) is 5.58. The van der Waals surface area contributed by atoms with E-state index in [0.717, 1.165) is 12.8 Å². The summed E-state index contributed by atoms with van der Waals surface area (Å²) in [4.78, 5) is 23.7. The summed E-state index contributed by atoms with van der Waals surface area (Å²) in [6.07, 6.45) is 6.02. The molecule has 0 fully saturated rings. The van der Waals surface area contributed by atoms with Crippen LogP contribution in [0.4, 0.5) is 0 Å². The van der Waals surface area contributed by atoms with E-state index in [-0.39, 0.29) is 17.6 Å². The fraction of sp³-hybridized carbons (Fsp3) is 0.417. The SMILES string of the molecule is CC(=O)Oc1c(OC(C)C)c2ccc(OC/C=C(\C)CCC=C(C)C)cc2oc1=O. The number of carbonyl (C=O) groups is 1. The molecule has 2 rings (SSSR count). The lowest BCUT2D eigenvalue weighted by Gasteiger charge is -2.15. The average Bonchev–Trinajstić information content (AvgIpc) is 2.63. The van der Waals surface area contributed by atoms with E-state index in [1.807, 2.05) is 19.9 Å². The molecular weight excluding hydrogens is 384 g/mol. The van der Waals surface area contributed by atoms with Gasteiger partial charge in [-0.15, -0.1) is 0 Å². The van der Waals surface area contributed by atoms with Crippen LogP contribution in [0.15, 0.2) is 50.7 Å². The van der Waals surface area contributed by atoms with Crippen LogP contribution in [0.3, 0.4) is 0 Å². The van der Waals surface area contributed by atoms with Gasteiger partial charge in [0, 0.05) is 13.0 Å². The summed E-state index contributed by atoms with van der Waals surface area (Å²) in [5.41, 5.74) is 2.08. The van der Waals surface area contributed by atoms with E-state index in [0.29, 0.717) is 23.3 Å². The van der Waals surface area contributed by atoms with Crippen LogP contribution in [0.2, 0.25) is 0 Å². The van der Waals surface area contributed by atoms with Gasteiger partial charge in [0.15, 0.2) is 5.75 Å². The molecule has 162 valence electrons. The summed E-state index contributed by atoms with van der Waals surface area (Å²) in [6, 6.07) is 5.12. The van der Waals surface area contributed by atoms with Gasteiger partial charge in [0.2, 0.25) is 0 Å². The number of allylic oxidation sites excluding steroid dienone is 3. The summed E-state index contributed by atoms with van der Waals surface area (Å²) in [5, 5.41) is 0.528. The van der Waals surface area contributed by atoms with Gasteiger partial charge in [0.05, 0.1) is 11.5 Å². The highest BCUT2D eigenvalue weighted by molar-refractivity contribution is 5.87. The van der Waals surface area contributed by atoms with Crippen molar-refractivity contribution in [3.63, 3.8) is 0 Å². The number of hydrogen-bond acceptors (Lipinski definition) is 6. The molecule has 0 bridgehead atoms. The highest BCUT2D eigenvalue weighted by atomic mass is 16.6. The summed E-state index contributed by atoms with van der Waals surface area (Å²) >= 11 is 0.